The van der Waals surface area contributed by atoms with Crippen molar-refractivity contribution in [3.05, 3.63) is 95.2 Å². The van der Waals surface area contributed by atoms with E-state index in [4.69, 9.17) is 9.47 Å². The molecule has 0 bridgehead atoms. The Morgan fingerprint density at radius 2 is 1.85 bits per heavy atom. The zero-order chi connectivity index (χ0) is 24.6. The van der Waals surface area contributed by atoms with Gasteiger partial charge < -0.3 is 9.47 Å². The largest absolute Gasteiger partial charge is 0.490 e. The molecule has 0 aliphatic rings. The van der Waals surface area contributed by atoms with Crippen LogP contribution in [0.25, 0.3) is 0 Å². The van der Waals surface area contributed by atoms with Crippen LogP contribution in [0.15, 0.2) is 72.5 Å². The number of halogens is 3. The fourth-order valence-electron chi connectivity index (χ4n) is 3.13. The minimum absolute atomic E-state index is 0.193. The van der Waals surface area contributed by atoms with Crippen molar-refractivity contribution in [2.24, 2.45) is 5.10 Å². The quantitative estimate of drug-likeness (QED) is 0.208. The number of benzene rings is 2. The lowest BCUT2D eigenvalue weighted by Crippen LogP contribution is -2.06. The molecule has 0 atom stereocenters. The van der Waals surface area contributed by atoms with Crippen LogP contribution >= 0.6 is 0 Å². The molecule has 0 saturated carbocycles. The molecule has 0 amide bonds. The molecule has 1 N–H and O–H groups in total. The highest BCUT2D eigenvalue weighted by atomic mass is 19.4. The third-order valence-corrected chi connectivity index (χ3v) is 4.81. The Labute approximate surface area is 196 Å². The normalized spacial score (nSPS) is 11.4. The Kier molecular flexibility index (Phi) is 8.29. The molecule has 0 aliphatic carbocycles. The van der Waals surface area contributed by atoms with Crippen molar-refractivity contribution in [1.29, 1.82) is 0 Å². The first-order valence-electron chi connectivity index (χ1n) is 10.7. The molecule has 3 aromatic rings. The first-order valence-corrected chi connectivity index (χ1v) is 10.7. The van der Waals surface area contributed by atoms with Gasteiger partial charge in [-0.2, -0.15) is 18.3 Å². The minimum Gasteiger partial charge on any atom is -0.490 e. The van der Waals surface area contributed by atoms with Gasteiger partial charge in [0.05, 0.1) is 18.4 Å². The number of rotatable bonds is 10. The molecule has 0 saturated heterocycles. The van der Waals surface area contributed by atoms with Gasteiger partial charge in [0, 0.05) is 11.8 Å². The third-order valence-electron chi connectivity index (χ3n) is 4.81. The standard InChI is InChI=1S/C26H26F3N3O2/c1-4-6-21-13-20(15-31-32-24-12-11-22(16-30-24)26(27,28)29)14-23(33-5-2)25(21)34-17-19-9-7-18(3)8-10-19/h4,7-16H,1,5-6,17H2,2-3H3,(H,30,32)/b31-15-. The van der Waals surface area contributed by atoms with E-state index in [-0.39, 0.29) is 5.82 Å². The molecule has 0 fully saturated rings. The number of hydrazone groups is 1. The number of nitrogens with zero attached hydrogens (tertiary/aromatic N) is 2. The second-order valence-electron chi connectivity index (χ2n) is 7.51. The molecule has 3 rings (SSSR count). The number of allylic oxidation sites excluding steroid dienone is 1. The minimum atomic E-state index is -4.44. The summed E-state index contributed by atoms with van der Waals surface area (Å²) in [7, 11) is 0. The van der Waals surface area contributed by atoms with Crippen LogP contribution in [-0.2, 0) is 19.2 Å². The number of hydrogen-bond donors (Lipinski definition) is 1. The number of hydrogen-bond acceptors (Lipinski definition) is 5. The summed E-state index contributed by atoms with van der Waals surface area (Å²) in [5.74, 6) is 1.40. The highest BCUT2D eigenvalue weighted by Crippen LogP contribution is 2.34. The molecule has 1 aromatic heterocycles. The van der Waals surface area contributed by atoms with Crippen molar-refractivity contribution >= 4 is 12.0 Å². The van der Waals surface area contributed by atoms with Gasteiger partial charge in [-0.1, -0.05) is 35.9 Å². The van der Waals surface area contributed by atoms with Crippen molar-refractivity contribution in [3.8, 4) is 11.5 Å². The maximum absolute atomic E-state index is 12.7. The average molecular weight is 470 g/mol. The highest BCUT2D eigenvalue weighted by molar-refractivity contribution is 5.82. The van der Waals surface area contributed by atoms with E-state index in [2.05, 4.69) is 22.1 Å². The second-order valence-corrected chi connectivity index (χ2v) is 7.51. The van der Waals surface area contributed by atoms with Crippen LogP contribution in [0.1, 0.15) is 34.7 Å². The predicted molar refractivity (Wildman–Crippen MR) is 127 cm³/mol. The summed E-state index contributed by atoms with van der Waals surface area (Å²) in [4.78, 5) is 3.74. The van der Waals surface area contributed by atoms with E-state index in [1.165, 1.54) is 17.8 Å². The van der Waals surface area contributed by atoms with Crippen LogP contribution in [0, 0.1) is 6.92 Å². The lowest BCUT2D eigenvalue weighted by Gasteiger charge is -2.17. The number of nitrogens with one attached hydrogen (secondary N) is 1. The van der Waals surface area contributed by atoms with E-state index in [9.17, 15) is 13.2 Å². The van der Waals surface area contributed by atoms with E-state index < -0.39 is 11.7 Å². The lowest BCUT2D eigenvalue weighted by atomic mass is 10.1. The van der Waals surface area contributed by atoms with Gasteiger partial charge >= 0.3 is 6.18 Å². The van der Waals surface area contributed by atoms with Crippen LogP contribution in [0.2, 0.25) is 0 Å². The molecule has 8 heteroatoms. The smallest absolute Gasteiger partial charge is 0.417 e. The van der Waals surface area contributed by atoms with Gasteiger partial charge in [-0.3, -0.25) is 5.43 Å². The molecule has 0 spiro atoms. The first kappa shape index (κ1) is 24.8. The van der Waals surface area contributed by atoms with Gasteiger partial charge in [0.2, 0.25) is 0 Å². The van der Waals surface area contributed by atoms with E-state index >= 15 is 0 Å². The first-order chi connectivity index (χ1) is 16.3. The van der Waals surface area contributed by atoms with Gasteiger partial charge in [-0.15, -0.1) is 6.58 Å². The molecule has 1 heterocycles. The Morgan fingerprint density at radius 3 is 2.47 bits per heavy atom. The predicted octanol–water partition coefficient (Wildman–Crippen LogP) is 6.56. The van der Waals surface area contributed by atoms with Crippen LogP contribution in [0.3, 0.4) is 0 Å². The molecule has 2 aromatic carbocycles. The monoisotopic (exact) mass is 469 g/mol. The Bertz CT molecular complexity index is 1130. The highest BCUT2D eigenvalue weighted by Gasteiger charge is 2.30. The Balaban J connectivity index is 1.79. The van der Waals surface area contributed by atoms with E-state index in [1.807, 2.05) is 44.2 Å². The number of ether oxygens (including phenoxy) is 2. The Morgan fingerprint density at radius 1 is 1.09 bits per heavy atom. The summed E-state index contributed by atoms with van der Waals surface area (Å²) in [6, 6.07) is 14.0. The van der Waals surface area contributed by atoms with E-state index in [0.717, 1.165) is 29.0 Å². The summed E-state index contributed by atoms with van der Waals surface area (Å²) in [5.41, 5.74) is 5.63. The lowest BCUT2D eigenvalue weighted by molar-refractivity contribution is -0.137. The molecule has 0 radical (unpaired) electrons. The zero-order valence-electron chi connectivity index (χ0n) is 19.0. The van der Waals surface area contributed by atoms with Crippen LogP contribution < -0.4 is 14.9 Å². The summed E-state index contributed by atoms with van der Waals surface area (Å²) in [5, 5.41) is 4.10. The van der Waals surface area contributed by atoms with Crippen molar-refractivity contribution in [2.45, 2.75) is 33.1 Å². The number of pyridine rings is 1. The second kappa shape index (κ2) is 11.4. The molecular formula is C26H26F3N3O2. The fourth-order valence-corrected chi connectivity index (χ4v) is 3.13. The molecule has 5 nitrogen and oxygen atoms in total. The molecular weight excluding hydrogens is 443 g/mol. The SMILES string of the molecule is C=CCc1cc(/C=N\Nc2ccc(C(F)(F)F)cn2)cc(OCC)c1OCc1ccc(C)cc1. The van der Waals surface area contributed by atoms with Crippen LogP contribution in [0.4, 0.5) is 19.0 Å². The van der Waals surface area contributed by atoms with Crippen LogP contribution in [-0.4, -0.2) is 17.8 Å². The number of aromatic nitrogens is 1. The van der Waals surface area contributed by atoms with Crippen molar-refractivity contribution in [3.63, 3.8) is 0 Å². The maximum Gasteiger partial charge on any atom is 0.417 e. The van der Waals surface area contributed by atoms with Gasteiger partial charge in [0.1, 0.15) is 12.4 Å². The molecule has 0 aliphatic heterocycles. The number of alkyl halides is 3. The Hall–Kier alpha value is -3.81. The fraction of sp³-hybridized carbons (Fsp3) is 0.231. The maximum atomic E-state index is 12.7. The van der Waals surface area contributed by atoms with Gasteiger partial charge in [0.25, 0.3) is 0 Å². The van der Waals surface area contributed by atoms with Gasteiger partial charge in [-0.05, 0) is 55.7 Å². The van der Waals surface area contributed by atoms with Gasteiger partial charge in [0.15, 0.2) is 11.5 Å². The summed E-state index contributed by atoms with van der Waals surface area (Å²) < 4.78 is 50.0. The van der Waals surface area contributed by atoms with Crippen molar-refractivity contribution < 1.29 is 22.6 Å². The van der Waals surface area contributed by atoms with E-state index in [0.29, 0.717) is 31.1 Å². The summed E-state index contributed by atoms with van der Waals surface area (Å²) in [6.45, 7) is 8.58. The molecule has 178 valence electrons. The average Bonchev–Trinajstić information content (AvgIpc) is 2.80. The summed E-state index contributed by atoms with van der Waals surface area (Å²) in [6.07, 6.45) is 0.189. The summed E-state index contributed by atoms with van der Waals surface area (Å²) >= 11 is 0. The van der Waals surface area contributed by atoms with E-state index in [1.54, 1.807) is 12.1 Å². The molecule has 0 unspecified atom stereocenters. The van der Waals surface area contributed by atoms with Crippen LogP contribution in [0.5, 0.6) is 11.5 Å². The number of anilines is 1. The zero-order valence-corrected chi connectivity index (χ0v) is 19.0. The number of aryl methyl sites for hydroxylation is 1. The van der Waals surface area contributed by atoms with Crippen molar-refractivity contribution in [2.75, 3.05) is 12.0 Å². The third kappa shape index (κ3) is 6.84. The van der Waals surface area contributed by atoms with Gasteiger partial charge in [-0.25, -0.2) is 4.98 Å². The van der Waals surface area contributed by atoms with Crippen molar-refractivity contribution in [1.82, 2.24) is 4.98 Å². The topological polar surface area (TPSA) is 55.7 Å². The molecule has 34 heavy (non-hydrogen) atoms.